The summed E-state index contributed by atoms with van der Waals surface area (Å²) in [5.41, 5.74) is 0. The van der Waals surface area contributed by atoms with Crippen molar-refractivity contribution in [2.45, 2.75) is 32.5 Å². The highest BCUT2D eigenvalue weighted by Gasteiger charge is 2.08. The molecule has 0 saturated heterocycles. The Hall–Kier alpha value is -0.830. The minimum Gasteiger partial charge on any atom is -0.459 e. The molecule has 0 aromatic rings. The zero-order chi connectivity index (χ0) is 8.85. The number of ether oxygens (including phenoxy) is 1. The Balaban J connectivity index is 3.59. The third kappa shape index (κ3) is 5.61. The minimum absolute atomic E-state index is 0.250. The van der Waals surface area contributed by atoms with Gasteiger partial charge < -0.3 is 9.84 Å². The summed E-state index contributed by atoms with van der Waals surface area (Å²) < 4.78 is 4.79. The van der Waals surface area contributed by atoms with Gasteiger partial charge in [0.05, 0.1) is 6.10 Å². The van der Waals surface area contributed by atoms with E-state index in [4.69, 9.17) is 9.84 Å². The van der Waals surface area contributed by atoms with Crippen LogP contribution in [0.5, 0.6) is 0 Å². The molecule has 64 valence electrons. The molecule has 0 aliphatic rings. The van der Waals surface area contributed by atoms with Crippen LogP contribution in [0.15, 0.2) is 12.7 Å². The maximum atomic E-state index is 10.6. The molecule has 0 aromatic carbocycles. The lowest BCUT2D eigenvalue weighted by Crippen LogP contribution is -2.18. The summed E-state index contributed by atoms with van der Waals surface area (Å²) in [6, 6.07) is 0. The van der Waals surface area contributed by atoms with Crippen LogP contribution in [0, 0.1) is 0 Å². The third-order valence-corrected chi connectivity index (χ3v) is 1.16. The Bertz CT molecular complexity index is 140. The van der Waals surface area contributed by atoms with Gasteiger partial charge in [0.2, 0.25) is 0 Å². The zero-order valence-corrected chi connectivity index (χ0v) is 6.91. The molecule has 0 radical (unpaired) electrons. The van der Waals surface area contributed by atoms with Gasteiger partial charge in [0.25, 0.3) is 0 Å². The molecule has 0 fully saturated rings. The highest BCUT2D eigenvalue weighted by Crippen LogP contribution is 2.01. The normalized spacial score (nSPS) is 15.2. The summed E-state index contributed by atoms with van der Waals surface area (Å²) in [5, 5.41) is 8.89. The van der Waals surface area contributed by atoms with Crippen molar-refractivity contribution in [2.24, 2.45) is 0 Å². The van der Waals surface area contributed by atoms with E-state index in [9.17, 15) is 4.79 Å². The number of aliphatic hydroxyl groups is 1. The molecule has 1 N–H and O–H groups in total. The quantitative estimate of drug-likeness (QED) is 0.488. The van der Waals surface area contributed by atoms with Crippen LogP contribution in [0.4, 0.5) is 0 Å². The number of carbonyl (C=O) groups is 1. The lowest BCUT2D eigenvalue weighted by molar-refractivity contribution is -0.143. The fraction of sp³-hybridized carbons (Fsp3) is 0.625. The Morgan fingerprint density at radius 2 is 2.27 bits per heavy atom. The molecule has 0 spiro atoms. The number of esters is 1. The average molecular weight is 158 g/mol. The van der Waals surface area contributed by atoms with E-state index >= 15 is 0 Å². The summed E-state index contributed by atoms with van der Waals surface area (Å²) in [4.78, 5) is 10.6. The number of hydrogen-bond acceptors (Lipinski definition) is 3. The Labute approximate surface area is 66.7 Å². The summed E-state index contributed by atoms with van der Waals surface area (Å²) in [5.74, 6) is -0.446. The predicted molar refractivity (Wildman–Crippen MR) is 42.0 cm³/mol. The summed E-state index contributed by atoms with van der Waals surface area (Å²) >= 11 is 0. The van der Waals surface area contributed by atoms with Gasteiger partial charge in [0.15, 0.2) is 0 Å². The number of aliphatic hydroxyl groups excluding tert-OH is 1. The molecule has 0 amide bonds. The zero-order valence-electron chi connectivity index (χ0n) is 6.91. The maximum absolute atomic E-state index is 10.6. The van der Waals surface area contributed by atoms with E-state index in [0.717, 1.165) is 6.08 Å². The van der Waals surface area contributed by atoms with Crippen molar-refractivity contribution in [2.75, 3.05) is 0 Å². The Morgan fingerprint density at radius 1 is 1.73 bits per heavy atom. The van der Waals surface area contributed by atoms with Gasteiger partial charge in [0.1, 0.15) is 6.10 Å². The second-order valence-corrected chi connectivity index (χ2v) is 2.54. The first-order valence-electron chi connectivity index (χ1n) is 3.57. The SMILES string of the molecule is C=CC(=O)OC(C)CC(C)O. The third-order valence-electron chi connectivity index (χ3n) is 1.16. The molecular formula is C8H14O3. The molecule has 2 atom stereocenters. The minimum atomic E-state index is -0.446. The first kappa shape index (κ1) is 10.2. The van der Waals surface area contributed by atoms with Crippen molar-refractivity contribution in [1.82, 2.24) is 0 Å². The topological polar surface area (TPSA) is 46.5 Å². The molecule has 0 aromatic heterocycles. The lowest BCUT2D eigenvalue weighted by Gasteiger charge is -2.12. The molecule has 0 saturated carbocycles. The highest BCUT2D eigenvalue weighted by molar-refractivity contribution is 5.81. The van der Waals surface area contributed by atoms with E-state index in [1.54, 1.807) is 13.8 Å². The van der Waals surface area contributed by atoms with Crippen LogP contribution in [0.1, 0.15) is 20.3 Å². The van der Waals surface area contributed by atoms with E-state index in [2.05, 4.69) is 6.58 Å². The first-order chi connectivity index (χ1) is 5.06. The van der Waals surface area contributed by atoms with Gasteiger partial charge in [0, 0.05) is 12.5 Å². The molecule has 0 heterocycles. The summed E-state index contributed by atoms with van der Waals surface area (Å²) in [7, 11) is 0. The number of carbonyl (C=O) groups excluding carboxylic acids is 1. The smallest absolute Gasteiger partial charge is 0.330 e. The van der Waals surface area contributed by atoms with Crippen molar-refractivity contribution in [3.63, 3.8) is 0 Å². The van der Waals surface area contributed by atoms with Gasteiger partial charge in [-0.05, 0) is 13.8 Å². The second-order valence-electron chi connectivity index (χ2n) is 2.54. The fourth-order valence-electron chi connectivity index (χ4n) is 0.775. The van der Waals surface area contributed by atoms with E-state index in [1.165, 1.54) is 0 Å². The van der Waals surface area contributed by atoms with Gasteiger partial charge in [-0.2, -0.15) is 0 Å². The summed E-state index contributed by atoms with van der Waals surface area (Å²) in [6.07, 6.45) is 0.876. The number of hydrogen-bond donors (Lipinski definition) is 1. The summed E-state index contributed by atoms with van der Waals surface area (Å²) in [6.45, 7) is 6.64. The van der Waals surface area contributed by atoms with Gasteiger partial charge >= 0.3 is 5.97 Å². The standard InChI is InChI=1S/C8H14O3/c1-4-8(10)11-7(3)5-6(2)9/h4,6-7,9H,1,5H2,2-3H3. The van der Waals surface area contributed by atoms with Crippen LogP contribution in [0.25, 0.3) is 0 Å². The van der Waals surface area contributed by atoms with Crippen LogP contribution in [-0.4, -0.2) is 23.3 Å². The van der Waals surface area contributed by atoms with Gasteiger partial charge in [-0.15, -0.1) is 0 Å². The van der Waals surface area contributed by atoms with Crippen LogP contribution in [0.3, 0.4) is 0 Å². The van der Waals surface area contributed by atoms with E-state index < -0.39 is 12.1 Å². The van der Waals surface area contributed by atoms with Crippen LogP contribution in [0.2, 0.25) is 0 Å². The van der Waals surface area contributed by atoms with Crippen molar-refractivity contribution in [3.8, 4) is 0 Å². The van der Waals surface area contributed by atoms with Gasteiger partial charge in [-0.1, -0.05) is 6.58 Å². The largest absolute Gasteiger partial charge is 0.459 e. The molecular weight excluding hydrogens is 144 g/mol. The molecule has 3 heteroatoms. The van der Waals surface area contributed by atoms with E-state index in [0.29, 0.717) is 6.42 Å². The fourth-order valence-corrected chi connectivity index (χ4v) is 0.775. The van der Waals surface area contributed by atoms with Gasteiger partial charge in [-0.25, -0.2) is 4.79 Å². The number of rotatable bonds is 4. The first-order valence-corrected chi connectivity index (χ1v) is 3.57. The molecule has 3 nitrogen and oxygen atoms in total. The monoisotopic (exact) mass is 158 g/mol. The Morgan fingerprint density at radius 3 is 2.64 bits per heavy atom. The molecule has 0 rings (SSSR count). The van der Waals surface area contributed by atoms with E-state index in [-0.39, 0.29) is 6.10 Å². The van der Waals surface area contributed by atoms with Gasteiger partial charge in [-0.3, -0.25) is 0 Å². The van der Waals surface area contributed by atoms with Crippen molar-refractivity contribution < 1.29 is 14.6 Å². The van der Waals surface area contributed by atoms with E-state index in [1.807, 2.05) is 0 Å². The molecule has 0 bridgehead atoms. The Kier molecular flexibility index (Phi) is 4.54. The molecule has 0 aliphatic carbocycles. The van der Waals surface area contributed by atoms with Crippen LogP contribution >= 0.6 is 0 Å². The highest BCUT2D eigenvalue weighted by atomic mass is 16.5. The molecule has 11 heavy (non-hydrogen) atoms. The van der Waals surface area contributed by atoms with Crippen molar-refractivity contribution in [1.29, 1.82) is 0 Å². The van der Waals surface area contributed by atoms with Crippen molar-refractivity contribution >= 4 is 5.97 Å². The lowest BCUT2D eigenvalue weighted by atomic mass is 10.2. The second kappa shape index (κ2) is 4.91. The van der Waals surface area contributed by atoms with Crippen LogP contribution < -0.4 is 0 Å². The maximum Gasteiger partial charge on any atom is 0.330 e. The van der Waals surface area contributed by atoms with Crippen molar-refractivity contribution in [3.05, 3.63) is 12.7 Å². The predicted octanol–water partition coefficient (Wildman–Crippen LogP) is 0.875. The average Bonchev–Trinajstić information content (AvgIpc) is 1.85. The van der Waals surface area contributed by atoms with Crippen LogP contribution in [-0.2, 0) is 9.53 Å². The molecule has 0 aliphatic heterocycles. The molecule has 2 unspecified atom stereocenters.